The molecule has 0 aromatic heterocycles. The maximum absolute atomic E-state index is 11.1. The number of thiol groups is 1. The van der Waals surface area contributed by atoms with Crippen LogP contribution in [0.1, 0.15) is 0 Å². The highest BCUT2D eigenvalue weighted by Crippen LogP contribution is 2.05. The Hall–Kier alpha value is -1.34. The lowest BCUT2D eigenvalue weighted by molar-refractivity contribution is -0.143. The molecule has 1 aliphatic rings. The quantitative estimate of drug-likeness (QED) is 0.297. The second-order valence-electron chi connectivity index (χ2n) is 2.54. The monoisotopic (exact) mass is 216 g/mol. The van der Waals surface area contributed by atoms with E-state index in [1.165, 1.54) is 0 Å². The van der Waals surface area contributed by atoms with Crippen LogP contribution in [0.2, 0.25) is 0 Å². The Kier molecular flexibility index (Phi) is 3.26. The van der Waals surface area contributed by atoms with Gasteiger partial charge in [-0.05, 0) is 0 Å². The van der Waals surface area contributed by atoms with E-state index in [0.29, 0.717) is 0 Å². The fourth-order valence-corrected chi connectivity index (χ4v) is 0.878. The molecule has 14 heavy (non-hydrogen) atoms. The van der Waals surface area contributed by atoms with Gasteiger partial charge in [0, 0.05) is 5.75 Å². The van der Waals surface area contributed by atoms with Gasteiger partial charge in [0.15, 0.2) is 0 Å². The van der Waals surface area contributed by atoms with E-state index >= 15 is 0 Å². The van der Waals surface area contributed by atoms with E-state index in [2.05, 4.69) is 17.4 Å². The topological polar surface area (TPSA) is 98.5 Å². The van der Waals surface area contributed by atoms with Crippen molar-refractivity contribution < 1.29 is 19.1 Å². The van der Waals surface area contributed by atoms with Crippen molar-refractivity contribution in [3.8, 4) is 0 Å². The molecule has 2 amide bonds. The maximum atomic E-state index is 11.1. The van der Waals surface area contributed by atoms with E-state index in [9.17, 15) is 14.4 Å². The van der Waals surface area contributed by atoms with Crippen molar-refractivity contribution in [3.05, 3.63) is 11.8 Å². The normalized spacial score (nSPS) is 17.4. The molecule has 7 heteroatoms. The Labute approximate surface area is 84.9 Å². The average molecular weight is 216 g/mol. The minimum atomic E-state index is -0.914. The van der Waals surface area contributed by atoms with Crippen molar-refractivity contribution in [3.63, 3.8) is 0 Å². The lowest BCUT2D eigenvalue weighted by Gasteiger charge is -2.07. The predicted octanol–water partition coefficient (Wildman–Crippen LogP) is -1.67. The number of amides is 2. The van der Waals surface area contributed by atoms with E-state index < -0.39 is 23.8 Å². The number of carbonyl (C=O) groups excluding carboxylic acids is 3. The molecular formula is C7H8N2O4S. The maximum Gasteiger partial charge on any atom is 0.329 e. The third-order valence-corrected chi connectivity index (χ3v) is 1.83. The van der Waals surface area contributed by atoms with Crippen LogP contribution in [0.5, 0.6) is 0 Å². The number of esters is 1. The highest BCUT2D eigenvalue weighted by atomic mass is 32.1. The molecule has 1 heterocycles. The molecule has 0 aliphatic carbocycles. The first-order valence-electron chi connectivity index (χ1n) is 3.69. The second kappa shape index (κ2) is 4.25. The molecule has 0 saturated carbocycles. The number of imide groups is 1. The number of hydrogen-bond donors (Lipinski definition) is 3. The summed E-state index contributed by atoms with van der Waals surface area (Å²) < 4.78 is 4.56. The minimum Gasteiger partial charge on any atom is -0.419 e. The summed E-state index contributed by atoms with van der Waals surface area (Å²) in [7, 11) is 0. The first-order chi connectivity index (χ1) is 6.54. The van der Waals surface area contributed by atoms with Gasteiger partial charge < -0.3 is 10.5 Å². The molecule has 1 rings (SSSR count). The molecule has 0 saturated heterocycles. The lowest BCUT2D eigenvalue weighted by atomic mass is 10.4. The molecule has 3 N–H and O–H groups in total. The molecule has 1 unspecified atom stereocenters. The zero-order valence-corrected chi connectivity index (χ0v) is 7.91. The van der Waals surface area contributed by atoms with Crippen molar-refractivity contribution in [1.82, 2.24) is 5.32 Å². The van der Waals surface area contributed by atoms with Gasteiger partial charge in [0.2, 0.25) is 5.76 Å². The molecule has 1 aliphatic heterocycles. The van der Waals surface area contributed by atoms with Gasteiger partial charge in [0.25, 0.3) is 11.8 Å². The average Bonchev–Trinajstić information content (AvgIpc) is 2.44. The number of rotatable bonds is 3. The van der Waals surface area contributed by atoms with E-state index in [1.807, 2.05) is 5.32 Å². The summed E-state index contributed by atoms with van der Waals surface area (Å²) in [4.78, 5) is 32.6. The van der Waals surface area contributed by atoms with Gasteiger partial charge in [-0.2, -0.15) is 12.6 Å². The summed E-state index contributed by atoms with van der Waals surface area (Å²) in [5.41, 5.74) is 5.28. The number of nitrogens with two attached hydrogens (primary N) is 1. The third-order valence-electron chi connectivity index (χ3n) is 1.43. The van der Waals surface area contributed by atoms with Gasteiger partial charge in [-0.1, -0.05) is 0 Å². The Balaban J connectivity index is 2.61. The van der Waals surface area contributed by atoms with Crippen molar-refractivity contribution in [1.29, 1.82) is 0 Å². The summed E-state index contributed by atoms with van der Waals surface area (Å²) in [5, 5.41) is 1.92. The van der Waals surface area contributed by atoms with Gasteiger partial charge in [0.05, 0.1) is 6.08 Å². The molecule has 0 bridgehead atoms. The van der Waals surface area contributed by atoms with Gasteiger partial charge in [-0.3, -0.25) is 14.9 Å². The van der Waals surface area contributed by atoms with Gasteiger partial charge in [-0.25, -0.2) is 4.79 Å². The SMILES string of the molecule is NC(CS)C(=O)OC1=CC(=O)NC1=O. The van der Waals surface area contributed by atoms with Gasteiger partial charge in [-0.15, -0.1) is 0 Å². The fraction of sp³-hybridized carbons (Fsp3) is 0.286. The van der Waals surface area contributed by atoms with Crippen LogP contribution in [-0.2, 0) is 19.1 Å². The standard InChI is InChI=1S/C7H8N2O4S/c8-3(2-14)7(12)13-4-1-5(10)9-6(4)11/h1,3,14H,2,8H2,(H,9,10,11). The summed E-state index contributed by atoms with van der Waals surface area (Å²) in [6.45, 7) is 0. The zero-order chi connectivity index (χ0) is 10.7. The Morgan fingerprint density at radius 2 is 2.29 bits per heavy atom. The molecule has 76 valence electrons. The van der Waals surface area contributed by atoms with Crippen LogP contribution in [0.3, 0.4) is 0 Å². The third kappa shape index (κ3) is 2.33. The number of nitrogens with one attached hydrogen (secondary N) is 1. The van der Waals surface area contributed by atoms with E-state index in [1.54, 1.807) is 0 Å². The minimum absolute atomic E-state index is 0.0989. The number of hydrogen-bond acceptors (Lipinski definition) is 6. The fourth-order valence-electron chi connectivity index (χ4n) is 0.729. The van der Waals surface area contributed by atoms with Crippen LogP contribution < -0.4 is 11.1 Å². The summed E-state index contributed by atoms with van der Waals surface area (Å²) in [5.74, 6) is -2.39. The Morgan fingerprint density at radius 3 is 2.71 bits per heavy atom. The summed E-state index contributed by atoms with van der Waals surface area (Å²) >= 11 is 3.78. The second-order valence-corrected chi connectivity index (χ2v) is 2.90. The van der Waals surface area contributed by atoms with Crippen LogP contribution in [-0.4, -0.2) is 29.6 Å². The first-order valence-corrected chi connectivity index (χ1v) is 4.33. The van der Waals surface area contributed by atoms with E-state index in [-0.39, 0.29) is 11.5 Å². The molecule has 0 aromatic carbocycles. The van der Waals surface area contributed by atoms with E-state index in [0.717, 1.165) is 6.08 Å². The predicted molar refractivity (Wildman–Crippen MR) is 49.2 cm³/mol. The zero-order valence-electron chi connectivity index (χ0n) is 7.02. The molecule has 0 spiro atoms. The molecule has 1 atom stereocenters. The smallest absolute Gasteiger partial charge is 0.329 e. The van der Waals surface area contributed by atoms with E-state index in [4.69, 9.17) is 5.73 Å². The Morgan fingerprint density at radius 1 is 1.64 bits per heavy atom. The molecular weight excluding hydrogens is 208 g/mol. The van der Waals surface area contributed by atoms with Crippen LogP contribution in [0.25, 0.3) is 0 Å². The molecule has 0 aromatic rings. The summed E-state index contributed by atoms with van der Waals surface area (Å²) in [6, 6.07) is -0.914. The molecule has 6 nitrogen and oxygen atoms in total. The molecule has 0 fully saturated rings. The molecule has 0 radical (unpaired) electrons. The lowest BCUT2D eigenvalue weighted by Crippen LogP contribution is -2.34. The van der Waals surface area contributed by atoms with Crippen LogP contribution in [0, 0.1) is 0 Å². The number of carbonyl (C=O) groups is 3. The largest absolute Gasteiger partial charge is 0.419 e. The van der Waals surface area contributed by atoms with Crippen molar-refractivity contribution >= 4 is 30.4 Å². The Bertz CT molecular complexity index is 326. The van der Waals surface area contributed by atoms with Crippen LogP contribution in [0.15, 0.2) is 11.8 Å². The number of ether oxygens (including phenoxy) is 1. The first kappa shape index (κ1) is 10.7. The van der Waals surface area contributed by atoms with Gasteiger partial charge >= 0.3 is 5.97 Å². The van der Waals surface area contributed by atoms with Gasteiger partial charge in [0.1, 0.15) is 6.04 Å². The van der Waals surface area contributed by atoms with Crippen LogP contribution in [0.4, 0.5) is 0 Å². The van der Waals surface area contributed by atoms with Crippen molar-refractivity contribution in [2.45, 2.75) is 6.04 Å². The highest BCUT2D eigenvalue weighted by Gasteiger charge is 2.26. The van der Waals surface area contributed by atoms with Crippen LogP contribution >= 0.6 is 12.6 Å². The highest BCUT2D eigenvalue weighted by molar-refractivity contribution is 7.80. The van der Waals surface area contributed by atoms with Crippen molar-refractivity contribution in [2.24, 2.45) is 5.73 Å². The van der Waals surface area contributed by atoms with Crippen molar-refractivity contribution in [2.75, 3.05) is 5.75 Å². The summed E-state index contributed by atoms with van der Waals surface area (Å²) in [6.07, 6.45) is 0.894.